The van der Waals surface area contributed by atoms with Crippen molar-refractivity contribution in [3.63, 3.8) is 0 Å². The predicted octanol–water partition coefficient (Wildman–Crippen LogP) is 2.88. The van der Waals surface area contributed by atoms with Crippen LogP contribution in [0.25, 0.3) is 0 Å². The van der Waals surface area contributed by atoms with Gasteiger partial charge in [-0.3, -0.25) is 9.55 Å². The third-order valence-corrected chi connectivity index (χ3v) is 4.63. The summed E-state index contributed by atoms with van der Waals surface area (Å²) in [5.74, 6) is 1.39. The zero-order valence-corrected chi connectivity index (χ0v) is 14.5. The summed E-state index contributed by atoms with van der Waals surface area (Å²) in [6, 6.07) is 1.95. The fraction of sp³-hybridized carbons (Fsp3) is 0.556. The molecule has 6 nitrogen and oxygen atoms in total. The van der Waals surface area contributed by atoms with Crippen molar-refractivity contribution in [2.45, 2.75) is 57.6 Å². The second kappa shape index (κ2) is 6.71. The highest BCUT2D eigenvalue weighted by Crippen LogP contribution is 2.34. The molecule has 2 aromatic heterocycles. The topological polar surface area (TPSA) is 69.1 Å². The Morgan fingerprint density at radius 2 is 2.08 bits per heavy atom. The molecule has 24 heavy (non-hydrogen) atoms. The van der Waals surface area contributed by atoms with Crippen LogP contribution in [0.2, 0.25) is 0 Å². The molecule has 0 amide bonds. The Morgan fingerprint density at radius 3 is 2.71 bits per heavy atom. The molecule has 0 unspecified atom stereocenters. The number of rotatable bonds is 6. The van der Waals surface area contributed by atoms with Crippen LogP contribution < -0.4 is 15.2 Å². The van der Waals surface area contributed by atoms with Gasteiger partial charge in [0.15, 0.2) is 11.5 Å². The van der Waals surface area contributed by atoms with Crippen LogP contribution in [0.3, 0.4) is 0 Å². The average Bonchev–Trinajstić information content (AvgIpc) is 3.19. The van der Waals surface area contributed by atoms with Gasteiger partial charge in [-0.05, 0) is 25.7 Å². The van der Waals surface area contributed by atoms with Gasteiger partial charge in [-0.25, -0.2) is 4.79 Å². The maximum absolute atomic E-state index is 11.8. The summed E-state index contributed by atoms with van der Waals surface area (Å²) in [6.45, 7) is 4.68. The third-order valence-electron chi connectivity index (χ3n) is 4.63. The van der Waals surface area contributed by atoms with Gasteiger partial charge >= 0.3 is 5.69 Å². The zero-order chi connectivity index (χ0) is 17.2. The molecule has 1 aliphatic carbocycles. The number of nitrogens with zero attached hydrogens (tertiary/aromatic N) is 2. The number of nitrogens with one attached hydrogen (secondary N) is 1. The minimum absolute atomic E-state index is 0.112. The molecule has 1 N–H and O–H groups in total. The molecule has 0 spiro atoms. The molecule has 0 aromatic carbocycles. The number of ether oxygens (including phenoxy) is 2. The summed E-state index contributed by atoms with van der Waals surface area (Å²) in [5, 5.41) is 0. The lowest BCUT2D eigenvalue weighted by Crippen LogP contribution is -2.30. The first-order valence-corrected chi connectivity index (χ1v) is 8.44. The normalized spacial score (nSPS) is 15.6. The fourth-order valence-corrected chi connectivity index (χ4v) is 3.21. The summed E-state index contributed by atoms with van der Waals surface area (Å²) in [7, 11) is 1.63. The van der Waals surface area contributed by atoms with E-state index in [1.165, 1.54) is 12.8 Å². The fourth-order valence-electron chi connectivity index (χ4n) is 3.21. The molecule has 2 heterocycles. The number of H-pyrrole nitrogens is 1. The summed E-state index contributed by atoms with van der Waals surface area (Å²) in [6.07, 6.45) is 9.97. The minimum atomic E-state index is -0.313. The highest BCUT2D eigenvalue weighted by Gasteiger charge is 2.26. The van der Waals surface area contributed by atoms with Gasteiger partial charge in [-0.1, -0.05) is 13.8 Å². The van der Waals surface area contributed by atoms with Gasteiger partial charge in [-0.2, -0.15) is 0 Å². The number of methoxy groups -OCH3 is 1. The maximum Gasteiger partial charge on any atom is 0.325 e. The first-order valence-electron chi connectivity index (χ1n) is 8.44. The van der Waals surface area contributed by atoms with E-state index in [0.717, 1.165) is 24.3 Å². The van der Waals surface area contributed by atoms with E-state index in [4.69, 9.17) is 9.47 Å². The number of imidazole rings is 1. The molecule has 130 valence electrons. The zero-order valence-electron chi connectivity index (χ0n) is 14.5. The monoisotopic (exact) mass is 331 g/mol. The molecule has 2 aromatic rings. The van der Waals surface area contributed by atoms with Gasteiger partial charge in [0, 0.05) is 30.4 Å². The van der Waals surface area contributed by atoms with Crippen molar-refractivity contribution in [1.29, 1.82) is 0 Å². The molecule has 1 aliphatic rings. The van der Waals surface area contributed by atoms with Gasteiger partial charge in [0.1, 0.15) is 0 Å². The highest BCUT2D eigenvalue weighted by atomic mass is 16.5. The molecule has 0 radical (unpaired) electrons. The minimum Gasteiger partial charge on any atom is -0.491 e. The predicted molar refractivity (Wildman–Crippen MR) is 91.8 cm³/mol. The number of hydrogen-bond acceptors (Lipinski definition) is 4. The molecule has 3 rings (SSSR count). The number of pyridine rings is 1. The van der Waals surface area contributed by atoms with E-state index < -0.39 is 0 Å². The summed E-state index contributed by atoms with van der Waals surface area (Å²) < 4.78 is 13.2. The van der Waals surface area contributed by atoms with Gasteiger partial charge in [-0.15, -0.1) is 0 Å². The summed E-state index contributed by atoms with van der Waals surface area (Å²) in [5.41, 5.74) is 0.454. The van der Waals surface area contributed by atoms with Crippen LogP contribution in [-0.4, -0.2) is 27.7 Å². The van der Waals surface area contributed by atoms with Crippen molar-refractivity contribution in [2.75, 3.05) is 7.11 Å². The molecule has 0 bridgehead atoms. The quantitative estimate of drug-likeness (QED) is 0.884. The van der Waals surface area contributed by atoms with E-state index >= 15 is 0 Å². The SMILES string of the molecule is COc1cnc(C(C)(C)Cn2cc[nH]c2=O)cc1OC1CCCC1. The smallest absolute Gasteiger partial charge is 0.325 e. The Kier molecular flexibility index (Phi) is 4.64. The van der Waals surface area contributed by atoms with Crippen LogP contribution in [0.15, 0.2) is 29.5 Å². The molecule has 0 atom stereocenters. The average molecular weight is 331 g/mol. The molecule has 6 heteroatoms. The van der Waals surface area contributed by atoms with Gasteiger partial charge in [0.2, 0.25) is 0 Å². The van der Waals surface area contributed by atoms with E-state index in [0.29, 0.717) is 12.3 Å². The maximum atomic E-state index is 11.8. The molecular weight excluding hydrogens is 306 g/mol. The van der Waals surface area contributed by atoms with Crippen LogP contribution in [0, 0.1) is 0 Å². The molecular formula is C18H25N3O3. The second-order valence-electron chi connectivity index (χ2n) is 7.02. The van der Waals surface area contributed by atoms with Crippen LogP contribution in [0.5, 0.6) is 11.5 Å². The third kappa shape index (κ3) is 3.47. The Labute approximate surface area is 141 Å². The van der Waals surface area contributed by atoms with Crippen molar-refractivity contribution >= 4 is 0 Å². The Balaban J connectivity index is 1.86. The van der Waals surface area contributed by atoms with Crippen molar-refractivity contribution in [3.05, 3.63) is 40.8 Å². The number of aromatic nitrogens is 3. The Morgan fingerprint density at radius 1 is 1.33 bits per heavy atom. The first kappa shape index (κ1) is 16.6. The lowest BCUT2D eigenvalue weighted by atomic mass is 9.88. The van der Waals surface area contributed by atoms with E-state index in [1.54, 1.807) is 30.3 Å². The van der Waals surface area contributed by atoms with Crippen LogP contribution >= 0.6 is 0 Å². The Bertz CT molecular complexity index is 742. The van der Waals surface area contributed by atoms with Gasteiger partial charge in [0.25, 0.3) is 0 Å². The van der Waals surface area contributed by atoms with E-state index in [9.17, 15) is 4.79 Å². The molecule has 0 saturated heterocycles. The van der Waals surface area contributed by atoms with Crippen molar-refractivity contribution in [1.82, 2.24) is 14.5 Å². The highest BCUT2D eigenvalue weighted by molar-refractivity contribution is 5.40. The number of hydrogen-bond donors (Lipinski definition) is 1. The van der Waals surface area contributed by atoms with Crippen LogP contribution in [0.1, 0.15) is 45.2 Å². The van der Waals surface area contributed by atoms with Crippen molar-refractivity contribution in [2.24, 2.45) is 0 Å². The van der Waals surface area contributed by atoms with Crippen LogP contribution in [0.4, 0.5) is 0 Å². The largest absolute Gasteiger partial charge is 0.491 e. The summed E-state index contributed by atoms with van der Waals surface area (Å²) >= 11 is 0. The van der Waals surface area contributed by atoms with Crippen molar-refractivity contribution < 1.29 is 9.47 Å². The molecule has 1 fully saturated rings. The molecule has 0 aliphatic heterocycles. The standard InChI is InChI=1S/C18H25N3O3/c1-18(2,12-21-9-8-19-17(21)22)16-10-14(15(23-3)11-20-16)24-13-6-4-5-7-13/h8-11,13H,4-7,12H2,1-3H3,(H,19,22). The van der Waals surface area contributed by atoms with E-state index in [2.05, 4.69) is 23.8 Å². The van der Waals surface area contributed by atoms with Crippen LogP contribution in [-0.2, 0) is 12.0 Å². The van der Waals surface area contributed by atoms with E-state index in [1.807, 2.05) is 6.07 Å². The second-order valence-corrected chi connectivity index (χ2v) is 7.02. The van der Waals surface area contributed by atoms with E-state index in [-0.39, 0.29) is 17.2 Å². The summed E-state index contributed by atoms with van der Waals surface area (Å²) in [4.78, 5) is 19.0. The van der Waals surface area contributed by atoms with Gasteiger partial charge < -0.3 is 14.5 Å². The Hall–Kier alpha value is -2.24. The lowest BCUT2D eigenvalue weighted by molar-refractivity contribution is 0.199. The lowest BCUT2D eigenvalue weighted by Gasteiger charge is -2.25. The van der Waals surface area contributed by atoms with Crippen molar-refractivity contribution in [3.8, 4) is 11.5 Å². The van der Waals surface area contributed by atoms with Gasteiger partial charge in [0.05, 0.1) is 25.1 Å². The first-order chi connectivity index (χ1) is 11.5. The number of aromatic amines is 1. The molecule has 1 saturated carbocycles.